The van der Waals surface area contributed by atoms with E-state index in [1.807, 2.05) is 11.3 Å². The molecule has 1 atom stereocenters. The SMILES string of the molecule is CN1CCNC(Cc2cccs2)C1. The molecule has 2 nitrogen and oxygen atoms in total. The minimum absolute atomic E-state index is 0.650. The first kappa shape index (κ1) is 9.19. The van der Waals surface area contributed by atoms with E-state index in [4.69, 9.17) is 0 Å². The lowest BCUT2D eigenvalue weighted by atomic mass is 10.1. The molecular weight excluding hydrogens is 180 g/mol. The quantitative estimate of drug-likeness (QED) is 0.764. The lowest BCUT2D eigenvalue weighted by molar-refractivity contribution is 0.238. The summed E-state index contributed by atoms with van der Waals surface area (Å²) in [5, 5.41) is 5.71. The molecule has 0 amide bonds. The van der Waals surface area contributed by atoms with Gasteiger partial charge in [-0.15, -0.1) is 11.3 Å². The van der Waals surface area contributed by atoms with Crippen LogP contribution in [0.2, 0.25) is 0 Å². The molecule has 0 saturated carbocycles. The summed E-state index contributed by atoms with van der Waals surface area (Å²) in [5.74, 6) is 0. The van der Waals surface area contributed by atoms with Gasteiger partial charge in [-0.3, -0.25) is 0 Å². The first-order valence-corrected chi connectivity index (χ1v) is 5.67. The largest absolute Gasteiger partial charge is 0.311 e. The molecule has 1 aliphatic heterocycles. The van der Waals surface area contributed by atoms with Crippen molar-refractivity contribution in [1.82, 2.24) is 10.2 Å². The summed E-state index contributed by atoms with van der Waals surface area (Å²) >= 11 is 1.86. The van der Waals surface area contributed by atoms with Gasteiger partial charge in [0.1, 0.15) is 0 Å². The van der Waals surface area contributed by atoms with E-state index < -0.39 is 0 Å². The van der Waals surface area contributed by atoms with Crippen LogP contribution in [0.15, 0.2) is 17.5 Å². The van der Waals surface area contributed by atoms with E-state index in [1.54, 1.807) is 0 Å². The normalized spacial score (nSPS) is 24.8. The Morgan fingerprint density at radius 1 is 1.69 bits per heavy atom. The van der Waals surface area contributed by atoms with Crippen LogP contribution >= 0.6 is 11.3 Å². The van der Waals surface area contributed by atoms with E-state index in [0.29, 0.717) is 6.04 Å². The van der Waals surface area contributed by atoms with E-state index >= 15 is 0 Å². The highest BCUT2D eigenvalue weighted by Crippen LogP contribution is 2.12. The molecule has 0 aromatic carbocycles. The van der Waals surface area contributed by atoms with Crippen molar-refractivity contribution in [2.45, 2.75) is 12.5 Å². The fourth-order valence-corrected chi connectivity index (χ4v) is 2.59. The monoisotopic (exact) mass is 196 g/mol. The molecule has 1 aromatic heterocycles. The number of piperazine rings is 1. The maximum Gasteiger partial charge on any atom is 0.0243 e. The van der Waals surface area contributed by atoms with Crippen LogP contribution in [0.3, 0.4) is 0 Å². The highest BCUT2D eigenvalue weighted by molar-refractivity contribution is 7.09. The van der Waals surface area contributed by atoms with Gasteiger partial charge in [0, 0.05) is 30.6 Å². The third-order valence-corrected chi connectivity index (χ3v) is 3.38. The number of rotatable bonds is 2. The van der Waals surface area contributed by atoms with Gasteiger partial charge >= 0.3 is 0 Å². The van der Waals surface area contributed by atoms with Gasteiger partial charge in [0.15, 0.2) is 0 Å². The zero-order valence-corrected chi connectivity index (χ0v) is 8.81. The van der Waals surface area contributed by atoms with Crippen molar-refractivity contribution < 1.29 is 0 Å². The second-order valence-corrected chi connectivity index (χ2v) is 4.73. The van der Waals surface area contributed by atoms with Gasteiger partial charge in [-0.05, 0) is 24.9 Å². The number of nitrogens with one attached hydrogen (secondary N) is 1. The highest BCUT2D eigenvalue weighted by Gasteiger charge is 2.16. The molecule has 2 rings (SSSR count). The second-order valence-electron chi connectivity index (χ2n) is 3.70. The Morgan fingerprint density at radius 2 is 2.62 bits per heavy atom. The van der Waals surface area contributed by atoms with Gasteiger partial charge in [0.2, 0.25) is 0 Å². The summed E-state index contributed by atoms with van der Waals surface area (Å²) in [4.78, 5) is 3.89. The van der Waals surface area contributed by atoms with Crippen molar-refractivity contribution in [3.05, 3.63) is 22.4 Å². The maximum absolute atomic E-state index is 3.55. The molecule has 0 bridgehead atoms. The predicted molar refractivity (Wildman–Crippen MR) is 57.3 cm³/mol. The smallest absolute Gasteiger partial charge is 0.0243 e. The number of thiophene rings is 1. The summed E-state index contributed by atoms with van der Waals surface area (Å²) in [6.45, 7) is 3.49. The van der Waals surface area contributed by atoms with E-state index in [2.05, 4.69) is 34.8 Å². The average Bonchev–Trinajstić information content (AvgIpc) is 2.57. The fraction of sp³-hybridized carbons (Fsp3) is 0.600. The lowest BCUT2D eigenvalue weighted by Crippen LogP contribution is -2.49. The molecule has 0 spiro atoms. The molecule has 3 heteroatoms. The molecule has 2 heterocycles. The Bertz CT molecular complexity index is 245. The van der Waals surface area contributed by atoms with Gasteiger partial charge in [-0.1, -0.05) is 6.07 Å². The van der Waals surface area contributed by atoms with Crippen LogP contribution < -0.4 is 5.32 Å². The number of hydrogen-bond acceptors (Lipinski definition) is 3. The van der Waals surface area contributed by atoms with E-state index in [1.165, 1.54) is 24.4 Å². The van der Waals surface area contributed by atoms with Crippen molar-refractivity contribution in [2.24, 2.45) is 0 Å². The third kappa shape index (κ3) is 2.53. The van der Waals surface area contributed by atoms with Crippen LogP contribution in [0.4, 0.5) is 0 Å². The second kappa shape index (κ2) is 4.22. The Balaban J connectivity index is 1.87. The van der Waals surface area contributed by atoms with Crippen molar-refractivity contribution in [3.63, 3.8) is 0 Å². The van der Waals surface area contributed by atoms with Gasteiger partial charge < -0.3 is 10.2 Å². The Labute approximate surface area is 83.6 Å². The fourth-order valence-electron chi connectivity index (χ4n) is 1.80. The number of nitrogens with zero attached hydrogens (tertiary/aromatic N) is 1. The molecule has 72 valence electrons. The summed E-state index contributed by atoms with van der Waals surface area (Å²) in [6.07, 6.45) is 1.18. The minimum Gasteiger partial charge on any atom is -0.311 e. The van der Waals surface area contributed by atoms with Crippen LogP contribution in [0.5, 0.6) is 0 Å². The van der Waals surface area contributed by atoms with Crippen LogP contribution in [0.25, 0.3) is 0 Å². The van der Waals surface area contributed by atoms with Crippen molar-refractivity contribution in [3.8, 4) is 0 Å². The molecule has 13 heavy (non-hydrogen) atoms. The molecule has 1 aliphatic rings. The summed E-state index contributed by atoms with van der Waals surface area (Å²) in [6, 6.07) is 5.01. The molecular formula is C10H16N2S. The Hall–Kier alpha value is -0.380. The minimum atomic E-state index is 0.650. The van der Waals surface area contributed by atoms with Crippen LogP contribution in [-0.4, -0.2) is 37.6 Å². The van der Waals surface area contributed by atoms with Crippen LogP contribution in [-0.2, 0) is 6.42 Å². The maximum atomic E-state index is 3.55. The molecule has 1 unspecified atom stereocenters. The topological polar surface area (TPSA) is 15.3 Å². The van der Waals surface area contributed by atoms with Gasteiger partial charge in [0.25, 0.3) is 0 Å². The van der Waals surface area contributed by atoms with Crippen molar-refractivity contribution in [2.75, 3.05) is 26.7 Å². The molecule has 0 radical (unpaired) electrons. The van der Waals surface area contributed by atoms with Crippen LogP contribution in [0, 0.1) is 0 Å². The van der Waals surface area contributed by atoms with Crippen LogP contribution in [0.1, 0.15) is 4.88 Å². The molecule has 1 saturated heterocycles. The highest BCUT2D eigenvalue weighted by atomic mass is 32.1. The predicted octanol–water partition coefficient (Wildman–Crippen LogP) is 1.19. The zero-order valence-electron chi connectivity index (χ0n) is 7.99. The number of hydrogen-bond donors (Lipinski definition) is 1. The van der Waals surface area contributed by atoms with Gasteiger partial charge in [-0.2, -0.15) is 0 Å². The van der Waals surface area contributed by atoms with Crippen molar-refractivity contribution in [1.29, 1.82) is 0 Å². The molecule has 1 aromatic rings. The summed E-state index contributed by atoms with van der Waals surface area (Å²) < 4.78 is 0. The molecule has 0 aliphatic carbocycles. The van der Waals surface area contributed by atoms with E-state index in [9.17, 15) is 0 Å². The van der Waals surface area contributed by atoms with Gasteiger partial charge in [-0.25, -0.2) is 0 Å². The first-order valence-electron chi connectivity index (χ1n) is 4.79. The summed E-state index contributed by atoms with van der Waals surface area (Å²) in [5.41, 5.74) is 0. The zero-order chi connectivity index (χ0) is 9.10. The Kier molecular flexibility index (Phi) is 2.98. The third-order valence-electron chi connectivity index (χ3n) is 2.49. The van der Waals surface area contributed by atoms with E-state index in [-0.39, 0.29) is 0 Å². The Morgan fingerprint density at radius 3 is 3.31 bits per heavy atom. The van der Waals surface area contributed by atoms with E-state index in [0.717, 1.165) is 6.54 Å². The van der Waals surface area contributed by atoms with Gasteiger partial charge in [0.05, 0.1) is 0 Å². The molecule has 1 N–H and O–H groups in total. The average molecular weight is 196 g/mol. The standard InChI is InChI=1S/C10H16N2S/c1-12-5-4-11-9(8-12)7-10-3-2-6-13-10/h2-3,6,9,11H,4-5,7-8H2,1H3. The number of likely N-dealkylation sites (N-methyl/N-ethyl adjacent to an activating group) is 1. The lowest BCUT2D eigenvalue weighted by Gasteiger charge is -2.30. The summed E-state index contributed by atoms with van der Waals surface area (Å²) in [7, 11) is 2.20. The first-order chi connectivity index (χ1) is 6.34. The molecule has 1 fully saturated rings. The van der Waals surface area contributed by atoms with Crippen molar-refractivity contribution >= 4 is 11.3 Å².